The van der Waals surface area contributed by atoms with E-state index in [0.717, 1.165) is 18.4 Å². The predicted octanol–water partition coefficient (Wildman–Crippen LogP) is 2.58. The van der Waals surface area contributed by atoms with Crippen molar-refractivity contribution < 1.29 is 9.90 Å². The number of benzene rings is 1. The van der Waals surface area contributed by atoms with Crippen LogP contribution in [0, 0.1) is 0 Å². The van der Waals surface area contributed by atoms with Crippen molar-refractivity contribution in [1.29, 1.82) is 0 Å². The van der Waals surface area contributed by atoms with Crippen LogP contribution in [0.1, 0.15) is 29.2 Å². The molecule has 1 N–H and O–H groups in total. The van der Waals surface area contributed by atoms with E-state index in [2.05, 4.69) is 5.10 Å². The van der Waals surface area contributed by atoms with Gasteiger partial charge in [-0.15, -0.1) is 0 Å². The largest absolute Gasteiger partial charge is 0.478 e. The SMILES string of the molecule is O=C(O)c1cn(C2CC2)nc1-c1ccccc1. The van der Waals surface area contributed by atoms with E-state index in [1.165, 1.54) is 0 Å². The van der Waals surface area contributed by atoms with Crippen molar-refractivity contribution in [2.75, 3.05) is 0 Å². The molecular formula is C13H12N2O2. The molecule has 2 aromatic rings. The summed E-state index contributed by atoms with van der Waals surface area (Å²) < 4.78 is 1.78. The minimum absolute atomic E-state index is 0.281. The molecular weight excluding hydrogens is 216 g/mol. The Balaban J connectivity index is 2.10. The van der Waals surface area contributed by atoms with E-state index in [9.17, 15) is 9.90 Å². The van der Waals surface area contributed by atoms with Crippen molar-refractivity contribution in [2.45, 2.75) is 18.9 Å². The highest BCUT2D eigenvalue weighted by molar-refractivity contribution is 5.94. The normalized spacial score (nSPS) is 14.8. The molecule has 0 radical (unpaired) electrons. The topological polar surface area (TPSA) is 55.1 Å². The fourth-order valence-electron chi connectivity index (χ4n) is 1.88. The Hall–Kier alpha value is -2.10. The van der Waals surface area contributed by atoms with Crippen LogP contribution < -0.4 is 0 Å². The maximum absolute atomic E-state index is 11.2. The molecule has 1 saturated carbocycles. The maximum Gasteiger partial charge on any atom is 0.339 e. The molecule has 0 unspecified atom stereocenters. The lowest BCUT2D eigenvalue weighted by Crippen LogP contribution is -1.96. The average molecular weight is 228 g/mol. The minimum atomic E-state index is -0.921. The zero-order chi connectivity index (χ0) is 11.8. The summed E-state index contributed by atoms with van der Waals surface area (Å²) in [4.78, 5) is 11.2. The van der Waals surface area contributed by atoms with Crippen LogP contribution in [0.4, 0.5) is 0 Å². The Kier molecular flexibility index (Phi) is 2.21. The van der Waals surface area contributed by atoms with Crippen molar-refractivity contribution >= 4 is 5.97 Å². The van der Waals surface area contributed by atoms with E-state index >= 15 is 0 Å². The predicted molar refractivity (Wildman–Crippen MR) is 62.9 cm³/mol. The summed E-state index contributed by atoms with van der Waals surface area (Å²) in [5.41, 5.74) is 1.69. The van der Waals surface area contributed by atoms with E-state index in [1.807, 2.05) is 30.3 Å². The number of aromatic carboxylic acids is 1. The third-order valence-electron chi connectivity index (χ3n) is 2.93. The Labute approximate surface area is 98.5 Å². The molecule has 3 rings (SSSR count). The molecule has 0 aliphatic heterocycles. The maximum atomic E-state index is 11.2. The number of rotatable bonds is 3. The molecule has 0 bridgehead atoms. The van der Waals surface area contributed by atoms with E-state index in [0.29, 0.717) is 11.7 Å². The first kappa shape index (κ1) is 10.1. The fourth-order valence-corrected chi connectivity index (χ4v) is 1.88. The van der Waals surface area contributed by atoms with Gasteiger partial charge in [0.15, 0.2) is 0 Å². The summed E-state index contributed by atoms with van der Waals surface area (Å²) >= 11 is 0. The van der Waals surface area contributed by atoms with Gasteiger partial charge in [-0.25, -0.2) is 4.79 Å². The molecule has 0 saturated heterocycles. The highest BCUT2D eigenvalue weighted by Gasteiger charge is 2.27. The highest BCUT2D eigenvalue weighted by atomic mass is 16.4. The van der Waals surface area contributed by atoms with Gasteiger partial charge < -0.3 is 5.11 Å². The molecule has 17 heavy (non-hydrogen) atoms. The van der Waals surface area contributed by atoms with Crippen molar-refractivity contribution in [3.8, 4) is 11.3 Å². The third kappa shape index (κ3) is 1.82. The van der Waals surface area contributed by atoms with Gasteiger partial charge in [-0.2, -0.15) is 5.10 Å². The summed E-state index contributed by atoms with van der Waals surface area (Å²) in [6.07, 6.45) is 3.83. The second kappa shape index (κ2) is 3.73. The van der Waals surface area contributed by atoms with Gasteiger partial charge in [0.2, 0.25) is 0 Å². The van der Waals surface area contributed by atoms with Gasteiger partial charge in [-0.1, -0.05) is 30.3 Å². The summed E-state index contributed by atoms with van der Waals surface area (Å²) in [6, 6.07) is 9.83. The first-order valence-electron chi connectivity index (χ1n) is 5.63. The number of carbonyl (C=O) groups is 1. The standard InChI is InChI=1S/C13H12N2O2/c16-13(17)11-8-15(10-6-7-10)14-12(11)9-4-2-1-3-5-9/h1-5,8,10H,6-7H2,(H,16,17). The second-order valence-electron chi connectivity index (χ2n) is 4.27. The van der Waals surface area contributed by atoms with Gasteiger partial charge in [-0.3, -0.25) is 4.68 Å². The molecule has 1 aliphatic rings. The fraction of sp³-hybridized carbons (Fsp3) is 0.231. The van der Waals surface area contributed by atoms with Gasteiger partial charge in [0.1, 0.15) is 11.3 Å². The van der Waals surface area contributed by atoms with Crippen LogP contribution in [-0.2, 0) is 0 Å². The summed E-state index contributed by atoms with van der Waals surface area (Å²) in [5, 5.41) is 13.6. The zero-order valence-corrected chi connectivity index (χ0v) is 9.21. The number of carboxylic acid groups (broad SMARTS) is 1. The number of carboxylic acids is 1. The van der Waals surface area contributed by atoms with Gasteiger partial charge in [0.05, 0.1) is 6.04 Å². The number of hydrogen-bond donors (Lipinski definition) is 1. The summed E-state index contributed by atoms with van der Waals surface area (Å²) in [7, 11) is 0. The van der Waals surface area contributed by atoms with Crippen molar-refractivity contribution in [2.24, 2.45) is 0 Å². The number of hydrogen-bond acceptors (Lipinski definition) is 2. The van der Waals surface area contributed by atoms with Crippen LogP contribution in [0.2, 0.25) is 0 Å². The lowest BCUT2D eigenvalue weighted by Gasteiger charge is -1.98. The van der Waals surface area contributed by atoms with Crippen molar-refractivity contribution in [3.63, 3.8) is 0 Å². The monoisotopic (exact) mass is 228 g/mol. The first-order valence-corrected chi connectivity index (χ1v) is 5.63. The highest BCUT2D eigenvalue weighted by Crippen LogP contribution is 2.36. The van der Waals surface area contributed by atoms with Gasteiger partial charge in [0, 0.05) is 11.8 Å². The van der Waals surface area contributed by atoms with Crippen LogP contribution in [0.3, 0.4) is 0 Å². The Bertz CT molecular complexity index is 556. The molecule has 0 amide bonds. The van der Waals surface area contributed by atoms with Gasteiger partial charge >= 0.3 is 5.97 Å². The molecule has 1 heterocycles. The molecule has 1 aromatic carbocycles. The molecule has 86 valence electrons. The van der Waals surface area contributed by atoms with Crippen LogP contribution in [0.5, 0.6) is 0 Å². The average Bonchev–Trinajstić information content (AvgIpc) is 3.09. The zero-order valence-electron chi connectivity index (χ0n) is 9.21. The van der Waals surface area contributed by atoms with E-state index in [4.69, 9.17) is 0 Å². The smallest absolute Gasteiger partial charge is 0.339 e. The third-order valence-corrected chi connectivity index (χ3v) is 2.93. The van der Waals surface area contributed by atoms with E-state index < -0.39 is 5.97 Å². The minimum Gasteiger partial charge on any atom is -0.478 e. The van der Waals surface area contributed by atoms with Crippen molar-refractivity contribution in [1.82, 2.24) is 9.78 Å². The van der Waals surface area contributed by atoms with Crippen LogP contribution >= 0.6 is 0 Å². The van der Waals surface area contributed by atoms with Gasteiger partial charge in [0.25, 0.3) is 0 Å². The molecule has 1 aliphatic carbocycles. The Morgan fingerprint density at radius 3 is 2.59 bits per heavy atom. The number of nitrogens with zero attached hydrogens (tertiary/aromatic N) is 2. The Morgan fingerprint density at radius 1 is 1.29 bits per heavy atom. The molecule has 4 nitrogen and oxygen atoms in total. The molecule has 0 spiro atoms. The van der Waals surface area contributed by atoms with Crippen LogP contribution in [0.15, 0.2) is 36.5 Å². The lowest BCUT2D eigenvalue weighted by atomic mass is 10.1. The molecule has 1 aromatic heterocycles. The second-order valence-corrected chi connectivity index (χ2v) is 4.27. The molecule has 0 atom stereocenters. The Morgan fingerprint density at radius 2 is 2.00 bits per heavy atom. The van der Waals surface area contributed by atoms with E-state index in [-0.39, 0.29) is 5.56 Å². The van der Waals surface area contributed by atoms with Gasteiger partial charge in [-0.05, 0) is 12.8 Å². The lowest BCUT2D eigenvalue weighted by molar-refractivity contribution is 0.0697. The summed E-state index contributed by atoms with van der Waals surface area (Å²) in [6.45, 7) is 0. The van der Waals surface area contributed by atoms with Crippen LogP contribution in [0.25, 0.3) is 11.3 Å². The molecule has 1 fully saturated rings. The summed E-state index contributed by atoms with van der Waals surface area (Å²) in [5.74, 6) is -0.921. The molecule has 4 heteroatoms. The van der Waals surface area contributed by atoms with Crippen molar-refractivity contribution in [3.05, 3.63) is 42.1 Å². The first-order chi connectivity index (χ1) is 8.25. The van der Waals surface area contributed by atoms with E-state index in [1.54, 1.807) is 10.9 Å². The van der Waals surface area contributed by atoms with Crippen LogP contribution in [-0.4, -0.2) is 20.9 Å². The number of aromatic nitrogens is 2. The quantitative estimate of drug-likeness (QED) is 0.878.